The lowest BCUT2D eigenvalue weighted by atomic mass is 9.85. The Bertz CT molecular complexity index is 531. The van der Waals surface area contributed by atoms with Gasteiger partial charge in [-0.25, -0.2) is 9.98 Å². The molecule has 1 aromatic heterocycles. The normalized spacial score (nSPS) is 22.0. The zero-order chi connectivity index (χ0) is 16.9. The van der Waals surface area contributed by atoms with Crippen LogP contribution in [-0.2, 0) is 13.6 Å². The lowest BCUT2D eigenvalue weighted by molar-refractivity contribution is -0.183. The minimum atomic E-state index is -4.12. The highest BCUT2D eigenvalue weighted by Gasteiger charge is 2.42. The monoisotopic (exact) mass is 460 g/mol. The summed E-state index contributed by atoms with van der Waals surface area (Å²) in [7, 11) is 1.77. The van der Waals surface area contributed by atoms with Gasteiger partial charge in [0.05, 0.1) is 5.92 Å². The molecule has 2 unspecified atom stereocenters. The quantitative estimate of drug-likeness (QED) is 0.412. The lowest BCUT2D eigenvalue weighted by Crippen LogP contribution is -2.46. The molecule has 0 amide bonds. The highest BCUT2D eigenvalue weighted by molar-refractivity contribution is 14.0. The van der Waals surface area contributed by atoms with Crippen LogP contribution < -0.4 is 10.6 Å². The van der Waals surface area contributed by atoms with Crippen LogP contribution in [0.4, 0.5) is 13.2 Å². The van der Waals surface area contributed by atoms with Gasteiger partial charge in [-0.2, -0.15) is 18.3 Å². The molecule has 1 fully saturated rings. The molecule has 0 aliphatic heterocycles. The Morgan fingerprint density at radius 1 is 1.42 bits per heavy atom. The van der Waals surface area contributed by atoms with E-state index in [4.69, 9.17) is 0 Å². The minimum Gasteiger partial charge on any atom is -0.357 e. The van der Waals surface area contributed by atoms with Crippen molar-refractivity contribution in [3.8, 4) is 0 Å². The topological polar surface area (TPSA) is 67.1 Å². The van der Waals surface area contributed by atoms with Crippen molar-refractivity contribution in [1.29, 1.82) is 0 Å². The van der Waals surface area contributed by atoms with Crippen LogP contribution in [0.15, 0.2) is 11.3 Å². The van der Waals surface area contributed by atoms with Gasteiger partial charge < -0.3 is 10.6 Å². The fourth-order valence-corrected chi connectivity index (χ4v) is 2.74. The smallest absolute Gasteiger partial charge is 0.357 e. The van der Waals surface area contributed by atoms with Gasteiger partial charge in [0.1, 0.15) is 18.7 Å². The molecule has 0 radical (unpaired) electrons. The van der Waals surface area contributed by atoms with Crippen LogP contribution in [0.25, 0.3) is 0 Å². The third kappa shape index (κ3) is 6.10. The van der Waals surface area contributed by atoms with E-state index in [2.05, 4.69) is 25.7 Å². The van der Waals surface area contributed by atoms with Gasteiger partial charge >= 0.3 is 6.18 Å². The lowest BCUT2D eigenvalue weighted by Gasteiger charge is -2.31. The number of rotatable bonds is 4. The SMILES string of the molecule is CCNC(=NCc1ncnn1C)NC1CCCC(C(F)(F)F)C1.I. The van der Waals surface area contributed by atoms with Crippen molar-refractivity contribution in [2.45, 2.75) is 51.4 Å². The molecule has 2 atom stereocenters. The summed E-state index contributed by atoms with van der Waals surface area (Å²) in [6, 6.07) is -0.215. The van der Waals surface area contributed by atoms with Crippen LogP contribution >= 0.6 is 24.0 Å². The summed E-state index contributed by atoms with van der Waals surface area (Å²) >= 11 is 0. The molecule has 10 heteroatoms. The van der Waals surface area contributed by atoms with E-state index >= 15 is 0 Å². The van der Waals surface area contributed by atoms with Crippen LogP contribution in [0, 0.1) is 5.92 Å². The van der Waals surface area contributed by atoms with Gasteiger partial charge in [0, 0.05) is 19.6 Å². The number of aliphatic imine (C=N–C) groups is 1. The summed E-state index contributed by atoms with van der Waals surface area (Å²) in [5, 5.41) is 10.2. The highest BCUT2D eigenvalue weighted by Crippen LogP contribution is 2.37. The molecule has 1 aliphatic rings. The van der Waals surface area contributed by atoms with E-state index in [9.17, 15) is 13.2 Å². The van der Waals surface area contributed by atoms with E-state index in [1.54, 1.807) is 11.7 Å². The molecule has 0 bridgehead atoms. The number of halogens is 4. The van der Waals surface area contributed by atoms with Gasteiger partial charge in [-0.1, -0.05) is 6.42 Å². The predicted molar refractivity (Wildman–Crippen MR) is 96.2 cm³/mol. The van der Waals surface area contributed by atoms with Gasteiger partial charge in [0.15, 0.2) is 5.96 Å². The minimum absolute atomic E-state index is 0. The van der Waals surface area contributed by atoms with Gasteiger partial charge in [0.25, 0.3) is 0 Å². The third-order valence-electron chi connectivity index (χ3n) is 4.01. The van der Waals surface area contributed by atoms with Crippen LogP contribution in [0.2, 0.25) is 0 Å². The van der Waals surface area contributed by atoms with Gasteiger partial charge in [-0.05, 0) is 26.2 Å². The van der Waals surface area contributed by atoms with Crippen molar-refractivity contribution in [3.05, 3.63) is 12.2 Å². The Balaban J connectivity index is 0.00000288. The molecule has 6 nitrogen and oxygen atoms in total. The molecular weight excluding hydrogens is 436 g/mol. The second kappa shape index (κ2) is 9.42. The van der Waals surface area contributed by atoms with E-state index in [-0.39, 0.29) is 42.9 Å². The fraction of sp³-hybridized carbons (Fsp3) is 0.786. The Kier molecular flexibility index (Phi) is 8.23. The van der Waals surface area contributed by atoms with E-state index in [0.717, 1.165) is 6.42 Å². The first-order chi connectivity index (χ1) is 10.9. The average molecular weight is 460 g/mol. The molecule has 2 rings (SSSR count). The number of aryl methyl sites for hydroxylation is 1. The van der Waals surface area contributed by atoms with Crippen molar-refractivity contribution in [3.63, 3.8) is 0 Å². The number of aromatic nitrogens is 3. The molecule has 0 saturated heterocycles. The van der Waals surface area contributed by atoms with Crippen LogP contribution in [0.1, 0.15) is 38.4 Å². The molecular formula is C14H24F3IN6. The van der Waals surface area contributed by atoms with E-state index in [0.29, 0.717) is 31.3 Å². The van der Waals surface area contributed by atoms with Crippen LogP contribution in [0.3, 0.4) is 0 Å². The first-order valence-corrected chi connectivity index (χ1v) is 7.84. The maximum atomic E-state index is 12.9. The average Bonchev–Trinajstić information content (AvgIpc) is 2.90. The van der Waals surface area contributed by atoms with E-state index in [1.807, 2.05) is 6.92 Å². The maximum absolute atomic E-state index is 12.9. The van der Waals surface area contributed by atoms with Crippen molar-refractivity contribution >= 4 is 29.9 Å². The zero-order valence-corrected chi connectivity index (χ0v) is 16.1. The van der Waals surface area contributed by atoms with Crippen LogP contribution in [0.5, 0.6) is 0 Å². The number of guanidine groups is 1. The highest BCUT2D eigenvalue weighted by atomic mass is 127. The van der Waals surface area contributed by atoms with E-state index in [1.165, 1.54) is 6.33 Å². The summed E-state index contributed by atoms with van der Waals surface area (Å²) in [5.74, 6) is -0.0160. The standard InChI is InChI=1S/C14H23F3N6.HI/c1-3-18-13(19-8-12-20-9-21-23(12)2)22-11-6-4-5-10(7-11)14(15,16)17;/h9-11H,3-8H2,1-2H3,(H2,18,19,22);1H. The molecule has 1 saturated carbocycles. The van der Waals surface area contributed by atoms with Crippen molar-refractivity contribution in [2.24, 2.45) is 18.0 Å². The first kappa shape index (κ1) is 21.0. The maximum Gasteiger partial charge on any atom is 0.391 e. The molecule has 24 heavy (non-hydrogen) atoms. The number of hydrogen-bond acceptors (Lipinski definition) is 3. The van der Waals surface area contributed by atoms with Gasteiger partial charge in [0.2, 0.25) is 0 Å². The van der Waals surface area contributed by atoms with Gasteiger partial charge in [-0.3, -0.25) is 4.68 Å². The summed E-state index contributed by atoms with van der Waals surface area (Å²) < 4.78 is 40.3. The molecule has 1 heterocycles. The summed E-state index contributed by atoms with van der Waals surface area (Å²) in [6.07, 6.45) is -1.06. The molecule has 1 aromatic rings. The largest absolute Gasteiger partial charge is 0.391 e. The molecule has 0 aromatic carbocycles. The second-order valence-electron chi connectivity index (χ2n) is 5.74. The number of hydrogen-bond donors (Lipinski definition) is 2. The molecule has 0 spiro atoms. The van der Waals surface area contributed by atoms with Gasteiger partial charge in [-0.15, -0.1) is 24.0 Å². The molecule has 2 N–H and O–H groups in total. The zero-order valence-electron chi connectivity index (χ0n) is 13.8. The molecule has 138 valence electrons. The van der Waals surface area contributed by atoms with Crippen molar-refractivity contribution < 1.29 is 13.2 Å². The number of alkyl halides is 3. The Morgan fingerprint density at radius 2 is 2.17 bits per heavy atom. The molecule has 1 aliphatic carbocycles. The Labute approximate surface area is 156 Å². The second-order valence-corrected chi connectivity index (χ2v) is 5.74. The fourth-order valence-electron chi connectivity index (χ4n) is 2.74. The number of nitrogens with one attached hydrogen (secondary N) is 2. The Hall–Kier alpha value is -1.07. The summed E-state index contributed by atoms with van der Waals surface area (Å²) in [4.78, 5) is 8.47. The number of nitrogens with zero attached hydrogens (tertiary/aromatic N) is 4. The Morgan fingerprint density at radius 3 is 2.75 bits per heavy atom. The van der Waals surface area contributed by atoms with Crippen LogP contribution in [-0.4, -0.2) is 39.5 Å². The first-order valence-electron chi connectivity index (χ1n) is 7.84. The summed E-state index contributed by atoms with van der Waals surface area (Å²) in [6.45, 7) is 2.88. The summed E-state index contributed by atoms with van der Waals surface area (Å²) in [5.41, 5.74) is 0. The third-order valence-corrected chi connectivity index (χ3v) is 4.01. The van der Waals surface area contributed by atoms with E-state index < -0.39 is 12.1 Å². The van der Waals surface area contributed by atoms with Crippen molar-refractivity contribution in [2.75, 3.05) is 6.54 Å². The van der Waals surface area contributed by atoms with Crippen molar-refractivity contribution in [1.82, 2.24) is 25.4 Å². The predicted octanol–water partition coefficient (Wildman–Crippen LogP) is 2.61.